The summed E-state index contributed by atoms with van der Waals surface area (Å²) < 4.78 is 16.4. The highest BCUT2D eigenvalue weighted by Gasteiger charge is 2.33. The lowest BCUT2D eigenvalue weighted by Gasteiger charge is -2.29. The number of amides is 2. The molecule has 11 heteroatoms. The molecule has 39 heavy (non-hydrogen) atoms. The van der Waals surface area contributed by atoms with E-state index in [9.17, 15) is 29.4 Å². The van der Waals surface area contributed by atoms with Crippen LogP contribution in [0.4, 0.5) is 4.79 Å². The Morgan fingerprint density at radius 3 is 2.38 bits per heavy atom. The molecule has 6 atom stereocenters. The second-order valence-electron chi connectivity index (χ2n) is 9.90. The quantitative estimate of drug-likeness (QED) is 0.306. The van der Waals surface area contributed by atoms with Gasteiger partial charge in [0.1, 0.15) is 6.10 Å². The van der Waals surface area contributed by atoms with Crippen molar-refractivity contribution in [3.8, 4) is 0 Å². The fourth-order valence-electron chi connectivity index (χ4n) is 4.57. The van der Waals surface area contributed by atoms with Gasteiger partial charge in [-0.15, -0.1) is 0 Å². The number of carbonyl (C=O) groups excluding carboxylic acids is 4. The summed E-state index contributed by atoms with van der Waals surface area (Å²) in [5, 5.41) is 23.9. The molecular formula is C28H38N2O9. The largest absolute Gasteiger partial charge is 0.504 e. The molecule has 0 saturated carbocycles. The van der Waals surface area contributed by atoms with Gasteiger partial charge in [0.2, 0.25) is 11.6 Å². The Labute approximate surface area is 228 Å². The Morgan fingerprint density at radius 2 is 1.79 bits per heavy atom. The van der Waals surface area contributed by atoms with Crippen molar-refractivity contribution >= 4 is 23.6 Å². The highest BCUT2D eigenvalue weighted by atomic mass is 16.6. The number of hydrogen-bond acceptors (Lipinski definition) is 9. The van der Waals surface area contributed by atoms with E-state index in [-0.39, 0.29) is 35.6 Å². The number of rotatable bonds is 3. The summed E-state index contributed by atoms with van der Waals surface area (Å²) in [7, 11) is 2.86. The summed E-state index contributed by atoms with van der Waals surface area (Å²) in [6, 6.07) is 0. The molecule has 0 aromatic carbocycles. The molecule has 5 N–H and O–H groups in total. The third kappa shape index (κ3) is 8.22. The van der Waals surface area contributed by atoms with Gasteiger partial charge in [-0.2, -0.15) is 0 Å². The summed E-state index contributed by atoms with van der Waals surface area (Å²) in [6.45, 7) is 6.78. The number of fused-ring (bicyclic) bond motifs is 2. The molecule has 2 bridgehead atoms. The van der Waals surface area contributed by atoms with E-state index in [2.05, 4.69) is 5.32 Å². The molecule has 2 rings (SSSR count). The first-order valence-corrected chi connectivity index (χ1v) is 12.6. The zero-order chi connectivity index (χ0) is 29.4. The Bertz CT molecular complexity index is 1130. The van der Waals surface area contributed by atoms with Gasteiger partial charge in [0.15, 0.2) is 11.9 Å². The second-order valence-corrected chi connectivity index (χ2v) is 9.90. The number of primary amides is 1. The fourth-order valence-corrected chi connectivity index (χ4v) is 4.57. The van der Waals surface area contributed by atoms with Crippen LogP contribution in [0, 0.1) is 11.8 Å². The molecule has 0 aromatic rings. The molecule has 1 heterocycles. The van der Waals surface area contributed by atoms with Crippen molar-refractivity contribution in [3.63, 3.8) is 0 Å². The van der Waals surface area contributed by atoms with Gasteiger partial charge in [0, 0.05) is 37.4 Å². The molecule has 0 saturated heterocycles. The minimum Gasteiger partial charge on any atom is -0.504 e. The number of ether oxygens (including phenoxy) is 3. The Hall–Kier alpha value is -3.54. The highest BCUT2D eigenvalue weighted by Crippen LogP contribution is 2.28. The van der Waals surface area contributed by atoms with E-state index < -0.39 is 59.7 Å². The molecular weight excluding hydrogens is 508 g/mol. The van der Waals surface area contributed by atoms with Gasteiger partial charge in [0.05, 0.1) is 17.9 Å². The molecule has 0 spiro atoms. The number of ketones is 2. The van der Waals surface area contributed by atoms with Gasteiger partial charge in [-0.1, -0.05) is 38.2 Å². The Balaban J connectivity index is 2.58. The van der Waals surface area contributed by atoms with Crippen LogP contribution in [-0.2, 0) is 28.6 Å². The van der Waals surface area contributed by atoms with Crippen molar-refractivity contribution in [2.24, 2.45) is 17.6 Å². The average molecular weight is 547 g/mol. The van der Waals surface area contributed by atoms with Crippen molar-refractivity contribution in [2.75, 3.05) is 14.2 Å². The van der Waals surface area contributed by atoms with Gasteiger partial charge < -0.3 is 35.5 Å². The van der Waals surface area contributed by atoms with Crippen LogP contribution in [0.15, 0.2) is 58.6 Å². The zero-order valence-corrected chi connectivity index (χ0v) is 23.1. The van der Waals surface area contributed by atoms with Crippen molar-refractivity contribution in [1.82, 2.24) is 5.32 Å². The Kier molecular flexibility index (Phi) is 11.4. The van der Waals surface area contributed by atoms with Crippen molar-refractivity contribution < 1.29 is 43.6 Å². The Morgan fingerprint density at radius 1 is 1.13 bits per heavy atom. The monoisotopic (exact) mass is 546 g/mol. The predicted octanol–water partition coefficient (Wildman–Crippen LogP) is 2.32. The maximum atomic E-state index is 13.1. The van der Waals surface area contributed by atoms with E-state index in [1.165, 1.54) is 33.3 Å². The standard InChI is InChI=1S/C28H38N2O9/c1-14-10-18-24(33)19(13-20(31)25(18)34)30-27(35)15(2)8-7-9-21(37-5)26(39-28(29)36)17(4)12-16(3)23(32)22(11-14)38-6/h7-9,12-14,16,21-23,26,32,34H,10-11H2,1-6H3,(H2,29,36)(H,30,35)/b9-7+,15-8+,17-12+/t14-,16+,21+,22+,23-,26+/m1/s1. The summed E-state index contributed by atoms with van der Waals surface area (Å²) in [4.78, 5) is 49.9. The van der Waals surface area contributed by atoms with E-state index in [1.807, 2.05) is 0 Å². The van der Waals surface area contributed by atoms with Crippen molar-refractivity contribution in [3.05, 3.63) is 58.6 Å². The van der Waals surface area contributed by atoms with E-state index in [1.54, 1.807) is 32.9 Å². The van der Waals surface area contributed by atoms with E-state index in [0.29, 0.717) is 5.57 Å². The number of methoxy groups -OCH3 is 2. The van der Waals surface area contributed by atoms with Gasteiger partial charge in [-0.25, -0.2) is 4.79 Å². The molecule has 2 amide bonds. The molecule has 1 aliphatic heterocycles. The van der Waals surface area contributed by atoms with Gasteiger partial charge in [-0.3, -0.25) is 14.4 Å². The zero-order valence-electron chi connectivity index (χ0n) is 23.1. The number of hydrogen-bond donors (Lipinski definition) is 4. The van der Waals surface area contributed by atoms with Crippen LogP contribution in [0.1, 0.15) is 40.5 Å². The normalized spacial score (nSPS) is 33.3. The molecule has 2 aliphatic rings. The summed E-state index contributed by atoms with van der Waals surface area (Å²) in [5.41, 5.74) is 5.70. The molecule has 11 nitrogen and oxygen atoms in total. The van der Waals surface area contributed by atoms with E-state index in [4.69, 9.17) is 19.9 Å². The van der Waals surface area contributed by atoms with Gasteiger partial charge >= 0.3 is 6.09 Å². The topological polar surface area (TPSA) is 174 Å². The number of nitrogens with one attached hydrogen (secondary N) is 1. The van der Waals surface area contributed by atoms with Gasteiger partial charge in [-0.05, 0) is 38.2 Å². The molecule has 0 aromatic heterocycles. The van der Waals surface area contributed by atoms with Crippen LogP contribution in [0.3, 0.4) is 0 Å². The van der Waals surface area contributed by atoms with Crippen LogP contribution in [0.5, 0.6) is 0 Å². The SMILES string of the molecule is CO[C@H]1/C=C/C=C(\C)C(=O)NC2=CC(=O)C(O)=C(C[C@@H](C)C[C@H](OC)[C@H](O)[C@@H](C)/C=C(\C)[C@@H]1OC(N)=O)C2=O. The lowest BCUT2D eigenvalue weighted by atomic mass is 9.85. The van der Waals surface area contributed by atoms with Crippen molar-refractivity contribution in [2.45, 2.75) is 65.0 Å². The number of allylic oxidation sites excluding steroid dienone is 4. The number of aliphatic hydroxyl groups excluding tert-OH is 2. The fraction of sp³-hybridized carbons (Fsp3) is 0.500. The van der Waals surface area contributed by atoms with E-state index >= 15 is 0 Å². The summed E-state index contributed by atoms with van der Waals surface area (Å²) >= 11 is 0. The number of carbonyl (C=O) groups is 4. The van der Waals surface area contributed by atoms with Crippen LogP contribution in [-0.4, -0.2) is 72.4 Å². The average Bonchev–Trinajstić information content (AvgIpc) is 2.88. The summed E-state index contributed by atoms with van der Waals surface area (Å²) in [5.74, 6) is -3.53. The second kappa shape index (κ2) is 14.0. The third-order valence-corrected chi connectivity index (χ3v) is 6.76. The minimum atomic E-state index is -1.01. The maximum absolute atomic E-state index is 13.1. The van der Waals surface area contributed by atoms with Crippen LogP contribution < -0.4 is 11.1 Å². The first-order chi connectivity index (χ1) is 18.3. The van der Waals surface area contributed by atoms with E-state index in [0.717, 1.165) is 6.08 Å². The van der Waals surface area contributed by atoms with Crippen LogP contribution in [0.2, 0.25) is 0 Å². The maximum Gasteiger partial charge on any atom is 0.405 e. The van der Waals surface area contributed by atoms with Crippen LogP contribution in [0.25, 0.3) is 0 Å². The molecule has 214 valence electrons. The molecule has 1 aliphatic carbocycles. The molecule has 0 unspecified atom stereocenters. The minimum absolute atomic E-state index is 0.0149. The third-order valence-electron chi connectivity index (χ3n) is 6.76. The summed E-state index contributed by atoms with van der Waals surface area (Å²) in [6.07, 6.45) is 3.05. The lowest BCUT2D eigenvalue weighted by Crippen LogP contribution is -2.37. The first kappa shape index (κ1) is 31.7. The smallest absolute Gasteiger partial charge is 0.405 e. The molecule has 0 radical (unpaired) electrons. The highest BCUT2D eigenvalue weighted by molar-refractivity contribution is 6.22. The van der Waals surface area contributed by atoms with Crippen molar-refractivity contribution in [1.29, 1.82) is 0 Å². The van der Waals surface area contributed by atoms with Gasteiger partial charge in [0.25, 0.3) is 5.91 Å². The number of aliphatic hydroxyl groups is 2. The number of Topliss-reactive ketones (excluding diaryl/α,β-unsaturated/α-hetero) is 1. The lowest BCUT2D eigenvalue weighted by molar-refractivity contribution is -0.120. The molecule has 0 fully saturated rings. The van der Waals surface area contributed by atoms with Crippen LogP contribution >= 0.6 is 0 Å². The first-order valence-electron chi connectivity index (χ1n) is 12.6. The number of nitrogens with two attached hydrogens (primary N) is 1. The predicted molar refractivity (Wildman–Crippen MR) is 142 cm³/mol.